The molecule has 74 valence electrons. The predicted octanol–water partition coefficient (Wildman–Crippen LogP) is 1.57. The summed E-state index contributed by atoms with van der Waals surface area (Å²) in [5.74, 6) is 0. The van der Waals surface area contributed by atoms with E-state index in [4.69, 9.17) is 5.11 Å². The highest BCUT2D eigenvalue weighted by Gasteiger charge is 2.28. The summed E-state index contributed by atoms with van der Waals surface area (Å²) in [5, 5.41) is 8.88. The first-order valence-corrected chi connectivity index (χ1v) is 6.19. The Bertz CT molecular complexity index is 517. The summed E-state index contributed by atoms with van der Waals surface area (Å²) in [5.41, 5.74) is 0.636. The summed E-state index contributed by atoms with van der Waals surface area (Å²) in [7, 11) is -3.44. The van der Waals surface area contributed by atoms with E-state index in [0.717, 1.165) is 0 Å². The van der Waals surface area contributed by atoms with Gasteiger partial charge in [-0.25, -0.2) is 8.42 Å². The molecule has 0 bridgehead atoms. The Balaban J connectivity index is 2.71. The van der Waals surface area contributed by atoms with Crippen LogP contribution in [0.4, 0.5) is 0 Å². The normalized spacial score (nSPS) is 17.7. The lowest BCUT2D eigenvalue weighted by molar-refractivity contribution is 0.339. The lowest BCUT2D eigenvalue weighted by atomic mass is 10.2. The van der Waals surface area contributed by atoms with E-state index in [1.54, 1.807) is 18.2 Å². The Morgan fingerprint density at radius 1 is 1.36 bits per heavy atom. The number of fused-ring (bicyclic) bond motifs is 1. The molecule has 1 aliphatic rings. The van der Waals surface area contributed by atoms with Crippen molar-refractivity contribution in [1.82, 2.24) is 0 Å². The first-order chi connectivity index (χ1) is 6.55. The molecule has 1 aromatic rings. The molecule has 1 aromatic carbocycles. The van der Waals surface area contributed by atoms with Crippen LogP contribution in [0.5, 0.6) is 0 Å². The molecule has 0 fully saturated rings. The maximum absolute atomic E-state index is 11.7. The van der Waals surface area contributed by atoms with Gasteiger partial charge in [0.05, 0.1) is 16.4 Å². The van der Waals surface area contributed by atoms with Gasteiger partial charge in [-0.1, -0.05) is 22.0 Å². The van der Waals surface area contributed by atoms with Crippen LogP contribution in [0.2, 0.25) is 0 Å². The maximum atomic E-state index is 11.7. The lowest BCUT2D eigenvalue weighted by Crippen LogP contribution is -2.03. The molecule has 14 heavy (non-hydrogen) atoms. The topological polar surface area (TPSA) is 54.4 Å². The van der Waals surface area contributed by atoms with E-state index >= 15 is 0 Å². The van der Waals surface area contributed by atoms with Crippen molar-refractivity contribution in [1.29, 1.82) is 0 Å². The van der Waals surface area contributed by atoms with E-state index in [2.05, 4.69) is 15.9 Å². The van der Waals surface area contributed by atoms with Crippen molar-refractivity contribution in [3.05, 3.63) is 33.1 Å². The van der Waals surface area contributed by atoms with Crippen LogP contribution in [0, 0.1) is 0 Å². The van der Waals surface area contributed by atoms with Crippen LogP contribution in [-0.4, -0.2) is 20.1 Å². The maximum Gasteiger partial charge on any atom is 0.205 e. The average Bonchev–Trinajstić information content (AvgIpc) is 2.38. The van der Waals surface area contributed by atoms with Crippen molar-refractivity contribution >= 4 is 31.8 Å². The molecular formula is C9H7BrO3S. The summed E-state index contributed by atoms with van der Waals surface area (Å²) >= 11 is 3.21. The summed E-state index contributed by atoms with van der Waals surface area (Å²) in [6, 6.07) is 5.02. The first-order valence-electron chi connectivity index (χ1n) is 3.92. The molecule has 3 nitrogen and oxygen atoms in total. The second kappa shape index (κ2) is 3.18. The number of hydrogen-bond donors (Lipinski definition) is 1. The van der Waals surface area contributed by atoms with E-state index in [9.17, 15) is 8.42 Å². The largest absolute Gasteiger partial charge is 0.391 e. The number of sulfone groups is 1. The molecule has 5 heteroatoms. The van der Waals surface area contributed by atoms with Crippen LogP contribution in [-0.2, 0) is 9.84 Å². The van der Waals surface area contributed by atoms with Crippen LogP contribution in [0.15, 0.2) is 32.5 Å². The molecule has 0 saturated heterocycles. The fourth-order valence-electron chi connectivity index (χ4n) is 1.38. The Hall–Kier alpha value is -0.650. The number of aliphatic hydroxyl groups is 1. The summed E-state index contributed by atoms with van der Waals surface area (Å²) in [6.45, 7) is -0.450. The zero-order valence-corrected chi connectivity index (χ0v) is 9.47. The standard InChI is InChI=1S/C9H7BrO3S/c10-7-2-1-6-3-8(5-11)14(12,13)9(6)4-7/h1-4,11H,5H2. The number of benzene rings is 1. The number of hydrogen-bond acceptors (Lipinski definition) is 3. The summed E-state index contributed by atoms with van der Waals surface area (Å²) < 4.78 is 24.2. The molecule has 1 heterocycles. The van der Waals surface area contributed by atoms with E-state index in [-0.39, 0.29) is 9.80 Å². The van der Waals surface area contributed by atoms with E-state index in [1.165, 1.54) is 6.08 Å². The third kappa shape index (κ3) is 1.32. The Kier molecular flexibility index (Phi) is 2.25. The zero-order valence-electron chi connectivity index (χ0n) is 7.07. The quantitative estimate of drug-likeness (QED) is 0.846. The Morgan fingerprint density at radius 2 is 2.07 bits per heavy atom. The fourth-order valence-corrected chi connectivity index (χ4v) is 3.35. The Morgan fingerprint density at radius 3 is 2.71 bits per heavy atom. The zero-order chi connectivity index (χ0) is 10.3. The van der Waals surface area contributed by atoms with Crippen LogP contribution >= 0.6 is 15.9 Å². The smallest absolute Gasteiger partial charge is 0.205 e. The molecule has 1 aliphatic heterocycles. The van der Waals surface area contributed by atoms with Crippen molar-refractivity contribution in [2.75, 3.05) is 6.61 Å². The van der Waals surface area contributed by atoms with Gasteiger partial charge in [-0.15, -0.1) is 0 Å². The molecule has 0 atom stereocenters. The molecule has 0 radical (unpaired) electrons. The van der Waals surface area contributed by atoms with Crippen LogP contribution in [0.3, 0.4) is 0 Å². The highest BCUT2D eigenvalue weighted by Crippen LogP contribution is 2.33. The highest BCUT2D eigenvalue weighted by molar-refractivity contribution is 9.10. The molecule has 0 spiro atoms. The first kappa shape index (κ1) is 9.89. The molecule has 0 aliphatic carbocycles. The van der Waals surface area contributed by atoms with Crippen LogP contribution in [0.25, 0.3) is 6.08 Å². The van der Waals surface area contributed by atoms with Crippen LogP contribution < -0.4 is 0 Å². The number of halogens is 1. The second-order valence-corrected chi connectivity index (χ2v) is 5.84. The van der Waals surface area contributed by atoms with Crippen molar-refractivity contribution in [2.24, 2.45) is 0 Å². The van der Waals surface area contributed by atoms with Gasteiger partial charge in [0.1, 0.15) is 0 Å². The average molecular weight is 275 g/mol. The Labute approximate surface area is 90.1 Å². The van der Waals surface area contributed by atoms with Crippen molar-refractivity contribution in [3.63, 3.8) is 0 Å². The second-order valence-electron chi connectivity index (χ2n) is 2.95. The van der Waals surface area contributed by atoms with Gasteiger partial charge in [-0.05, 0) is 23.8 Å². The number of aliphatic hydroxyl groups excluding tert-OH is 1. The van der Waals surface area contributed by atoms with E-state index < -0.39 is 16.4 Å². The van der Waals surface area contributed by atoms with Gasteiger partial charge in [-0.2, -0.15) is 0 Å². The van der Waals surface area contributed by atoms with Gasteiger partial charge in [0.2, 0.25) is 9.84 Å². The van der Waals surface area contributed by atoms with E-state index in [1.807, 2.05) is 0 Å². The molecule has 0 amide bonds. The van der Waals surface area contributed by atoms with Gasteiger partial charge in [0.15, 0.2) is 0 Å². The SMILES string of the molecule is O=S1(=O)C(CO)=Cc2ccc(Br)cc21. The molecule has 1 N–H and O–H groups in total. The van der Waals surface area contributed by atoms with Gasteiger partial charge in [0.25, 0.3) is 0 Å². The summed E-state index contributed by atoms with van der Waals surface area (Å²) in [6.07, 6.45) is 1.50. The monoisotopic (exact) mass is 274 g/mol. The van der Waals surface area contributed by atoms with Gasteiger partial charge >= 0.3 is 0 Å². The fraction of sp³-hybridized carbons (Fsp3) is 0.111. The lowest BCUT2D eigenvalue weighted by Gasteiger charge is -2.00. The molecule has 0 aromatic heterocycles. The molecule has 2 rings (SSSR count). The molecule has 0 saturated carbocycles. The van der Waals surface area contributed by atoms with Crippen molar-refractivity contribution in [3.8, 4) is 0 Å². The minimum absolute atomic E-state index is 0.0607. The van der Waals surface area contributed by atoms with Crippen molar-refractivity contribution in [2.45, 2.75) is 4.90 Å². The third-order valence-corrected chi connectivity index (χ3v) is 4.45. The third-order valence-electron chi connectivity index (χ3n) is 2.08. The number of rotatable bonds is 1. The highest BCUT2D eigenvalue weighted by atomic mass is 79.9. The van der Waals surface area contributed by atoms with Crippen molar-refractivity contribution < 1.29 is 13.5 Å². The van der Waals surface area contributed by atoms with Gasteiger partial charge < -0.3 is 5.11 Å². The molecule has 0 unspecified atom stereocenters. The van der Waals surface area contributed by atoms with Crippen LogP contribution in [0.1, 0.15) is 5.56 Å². The molecular weight excluding hydrogens is 268 g/mol. The van der Waals surface area contributed by atoms with E-state index in [0.29, 0.717) is 10.0 Å². The minimum Gasteiger partial charge on any atom is -0.391 e. The predicted molar refractivity (Wildman–Crippen MR) is 56.4 cm³/mol. The summed E-state index contributed by atoms with van der Waals surface area (Å²) in [4.78, 5) is 0.321. The minimum atomic E-state index is -3.44. The van der Waals surface area contributed by atoms with Gasteiger partial charge in [0, 0.05) is 4.47 Å². The van der Waals surface area contributed by atoms with Gasteiger partial charge in [-0.3, -0.25) is 0 Å².